The fourth-order valence-electron chi connectivity index (χ4n) is 5.60. The SMILES string of the molecule is C=C.C=CC1=CC=C(c2cccc(F)c2)CN1.CC.CC.CC.C[C@H]1OC(=O)[C@@H]2C[C@@H]3CCCCC3C[C@H]12. The van der Waals surface area contributed by atoms with Gasteiger partial charge >= 0.3 is 5.97 Å². The van der Waals surface area contributed by atoms with E-state index in [1.807, 2.05) is 59.8 Å². The van der Waals surface area contributed by atoms with Gasteiger partial charge in [-0.15, -0.1) is 13.2 Å². The van der Waals surface area contributed by atoms with Gasteiger partial charge in [0.25, 0.3) is 0 Å². The second-order valence-corrected chi connectivity index (χ2v) is 9.07. The normalized spacial score (nSPS) is 26.0. The van der Waals surface area contributed by atoms with Crippen LogP contribution in [-0.4, -0.2) is 18.6 Å². The van der Waals surface area contributed by atoms with E-state index in [2.05, 4.69) is 32.0 Å². The molecule has 0 aromatic heterocycles. The van der Waals surface area contributed by atoms with Crippen molar-refractivity contribution < 1.29 is 13.9 Å². The molecular weight excluding hydrogens is 473 g/mol. The van der Waals surface area contributed by atoms with Gasteiger partial charge in [-0.1, -0.05) is 92.0 Å². The lowest BCUT2D eigenvalue weighted by atomic mass is 9.63. The number of hydrogen-bond acceptors (Lipinski definition) is 3. The van der Waals surface area contributed by atoms with Crippen LogP contribution in [0.2, 0.25) is 0 Å². The van der Waals surface area contributed by atoms with Crippen LogP contribution in [0, 0.1) is 29.5 Å². The van der Waals surface area contributed by atoms with Crippen LogP contribution in [0.25, 0.3) is 5.57 Å². The van der Waals surface area contributed by atoms with E-state index in [0.29, 0.717) is 12.5 Å². The number of dihydropyridines is 1. The summed E-state index contributed by atoms with van der Waals surface area (Å²) in [5.41, 5.74) is 3.00. The molecule has 4 heteroatoms. The largest absolute Gasteiger partial charge is 0.462 e. The highest BCUT2D eigenvalue weighted by molar-refractivity contribution is 5.75. The summed E-state index contributed by atoms with van der Waals surface area (Å²) in [5.74, 6) is 2.41. The van der Waals surface area contributed by atoms with Gasteiger partial charge in [0.2, 0.25) is 0 Å². The molecule has 1 saturated heterocycles. The molecular formula is C34H54FNO2. The first kappa shape index (κ1) is 35.4. The fourth-order valence-corrected chi connectivity index (χ4v) is 5.60. The number of fused-ring (bicyclic) bond motifs is 2. The van der Waals surface area contributed by atoms with Gasteiger partial charge < -0.3 is 10.1 Å². The van der Waals surface area contributed by atoms with Crippen LogP contribution in [0.1, 0.15) is 92.6 Å². The van der Waals surface area contributed by atoms with Gasteiger partial charge in [-0.2, -0.15) is 0 Å². The molecule has 5 rings (SSSR count). The van der Waals surface area contributed by atoms with Gasteiger partial charge in [-0.25, -0.2) is 4.39 Å². The number of esters is 1. The van der Waals surface area contributed by atoms with E-state index >= 15 is 0 Å². The molecule has 2 aliphatic carbocycles. The molecule has 3 nitrogen and oxygen atoms in total. The summed E-state index contributed by atoms with van der Waals surface area (Å²) in [7, 11) is 0. The lowest BCUT2D eigenvalue weighted by Gasteiger charge is -2.40. The Morgan fingerprint density at radius 2 is 1.58 bits per heavy atom. The Kier molecular flexibility index (Phi) is 19.0. The number of rotatable bonds is 2. The van der Waals surface area contributed by atoms with Crippen molar-refractivity contribution in [3.63, 3.8) is 0 Å². The Hall–Kier alpha value is -2.62. The third kappa shape index (κ3) is 10.3. The minimum absolute atomic E-state index is 0.0940. The maximum absolute atomic E-state index is 13.0. The van der Waals surface area contributed by atoms with Gasteiger partial charge in [-0.3, -0.25) is 4.79 Å². The monoisotopic (exact) mass is 527 g/mol. The molecule has 1 aromatic carbocycles. The number of hydrogen-bond donors (Lipinski definition) is 1. The zero-order valence-electron chi connectivity index (χ0n) is 25.2. The molecule has 0 bridgehead atoms. The smallest absolute Gasteiger partial charge is 0.309 e. The minimum atomic E-state index is -0.202. The zero-order chi connectivity index (χ0) is 29.1. The van der Waals surface area contributed by atoms with Crippen LogP contribution in [0.4, 0.5) is 4.39 Å². The topological polar surface area (TPSA) is 38.3 Å². The molecule has 0 radical (unpaired) electrons. The van der Waals surface area contributed by atoms with E-state index in [1.54, 1.807) is 18.2 Å². The summed E-state index contributed by atoms with van der Waals surface area (Å²) in [6, 6.07) is 6.62. The van der Waals surface area contributed by atoms with Crippen LogP contribution in [0.15, 0.2) is 67.9 Å². The molecule has 38 heavy (non-hydrogen) atoms. The molecule has 0 spiro atoms. The van der Waals surface area contributed by atoms with Crippen LogP contribution < -0.4 is 5.32 Å². The number of cyclic esters (lactones) is 1. The Morgan fingerprint density at radius 1 is 0.974 bits per heavy atom. The van der Waals surface area contributed by atoms with Gasteiger partial charge in [0.1, 0.15) is 11.9 Å². The summed E-state index contributed by atoms with van der Waals surface area (Å²) in [4.78, 5) is 11.7. The Morgan fingerprint density at radius 3 is 2.11 bits per heavy atom. The van der Waals surface area contributed by atoms with E-state index in [9.17, 15) is 9.18 Å². The molecule has 1 N–H and O–H groups in total. The lowest BCUT2D eigenvalue weighted by Crippen LogP contribution is -2.35. The highest BCUT2D eigenvalue weighted by Gasteiger charge is 2.49. The van der Waals surface area contributed by atoms with Gasteiger partial charge in [0.15, 0.2) is 0 Å². The van der Waals surface area contributed by atoms with Crippen molar-refractivity contribution >= 4 is 11.5 Å². The Labute approximate surface area is 233 Å². The summed E-state index contributed by atoms with van der Waals surface area (Å²) < 4.78 is 18.4. The maximum Gasteiger partial charge on any atom is 0.309 e. The first-order valence-corrected chi connectivity index (χ1v) is 14.8. The molecule has 214 valence electrons. The van der Waals surface area contributed by atoms with Crippen LogP contribution in [0.3, 0.4) is 0 Å². The number of carbonyl (C=O) groups excluding carboxylic acids is 1. The third-order valence-corrected chi connectivity index (χ3v) is 7.29. The Balaban J connectivity index is 0.000000572. The Bertz CT molecular complexity index is 875. The van der Waals surface area contributed by atoms with Crippen LogP contribution >= 0.6 is 0 Å². The van der Waals surface area contributed by atoms with Crippen molar-refractivity contribution in [2.45, 2.75) is 93.1 Å². The highest BCUT2D eigenvalue weighted by Crippen LogP contribution is 2.49. The fraction of sp³-hybridized carbons (Fsp3) is 0.559. The van der Waals surface area contributed by atoms with Gasteiger partial charge in [0.05, 0.1) is 5.92 Å². The predicted octanol–water partition coefficient (Wildman–Crippen LogP) is 9.53. The maximum atomic E-state index is 13.0. The van der Waals surface area contributed by atoms with Crippen molar-refractivity contribution in [2.75, 3.05) is 6.54 Å². The summed E-state index contributed by atoms with van der Waals surface area (Å²) in [6.07, 6.45) is 13.8. The van der Waals surface area contributed by atoms with Crippen LogP contribution in [0.5, 0.6) is 0 Å². The van der Waals surface area contributed by atoms with Gasteiger partial charge in [0, 0.05) is 18.2 Å². The number of halogens is 1. The number of benzene rings is 1. The molecule has 2 saturated carbocycles. The average molecular weight is 528 g/mol. The van der Waals surface area contributed by atoms with Crippen molar-refractivity contribution in [1.82, 2.24) is 5.32 Å². The highest BCUT2D eigenvalue weighted by atomic mass is 19.1. The standard InChI is InChI=1S/C13H12FN.C13H20O2.3C2H6.C2H4/c1-2-13-7-6-11(9-15-13)10-4-3-5-12(14)8-10;1-8-11-6-9-4-2-3-5-10(9)7-12(11)13(14)15-8;4*1-2/h2-8,15H,1,9H2;8-12H,2-7H2,1H3;3*1-2H3;1-2H2/t;8-,9?,10+,11-,12-;;;;/m.1..../s1. The number of allylic oxidation sites excluding steroid dienone is 3. The lowest BCUT2D eigenvalue weighted by molar-refractivity contribution is -0.144. The third-order valence-electron chi connectivity index (χ3n) is 7.29. The van der Waals surface area contributed by atoms with Gasteiger partial charge in [-0.05, 0) is 67.0 Å². The minimum Gasteiger partial charge on any atom is -0.462 e. The van der Waals surface area contributed by atoms with Crippen molar-refractivity contribution in [3.05, 3.63) is 79.3 Å². The summed E-state index contributed by atoms with van der Waals surface area (Å²) >= 11 is 0. The number of nitrogens with one attached hydrogen (secondary N) is 1. The van der Waals surface area contributed by atoms with E-state index < -0.39 is 0 Å². The average Bonchev–Trinajstić information content (AvgIpc) is 3.28. The molecule has 0 amide bonds. The second kappa shape index (κ2) is 20.4. The zero-order valence-corrected chi connectivity index (χ0v) is 25.2. The number of carbonyl (C=O) groups is 1. The first-order chi connectivity index (χ1) is 18.5. The molecule has 5 atom stereocenters. The van der Waals surface area contributed by atoms with Crippen molar-refractivity contribution in [2.24, 2.45) is 23.7 Å². The second-order valence-electron chi connectivity index (χ2n) is 9.07. The van der Waals surface area contributed by atoms with E-state index in [0.717, 1.165) is 35.1 Å². The molecule has 2 aliphatic heterocycles. The summed E-state index contributed by atoms with van der Waals surface area (Å²) in [5, 5.41) is 3.19. The van der Waals surface area contributed by atoms with E-state index in [4.69, 9.17) is 4.74 Å². The number of ether oxygens (including phenoxy) is 1. The van der Waals surface area contributed by atoms with Crippen molar-refractivity contribution in [3.8, 4) is 0 Å². The molecule has 1 aromatic rings. The molecule has 3 fully saturated rings. The van der Waals surface area contributed by atoms with Crippen molar-refractivity contribution in [1.29, 1.82) is 0 Å². The summed E-state index contributed by atoms with van der Waals surface area (Å²) in [6.45, 7) is 24.5. The van der Waals surface area contributed by atoms with E-state index in [-0.39, 0.29) is 23.8 Å². The molecule has 4 aliphatic rings. The molecule has 2 heterocycles. The molecule has 1 unspecified atom stereocenters. The van der Waals surface area contributed by atoms with E-state index in [1.165, 1.54) is 38.2 Å². The predicted molar refractivity (Wildman–Crippen MR) is 163 cm³/mol. The first-order valence-electron chi connectivity index (χ1n) is 14.8. The van der Waals surface area contributed by atoms with Crippen LogP contribution in [-0.2, 0) is 9.53 Å². The quantitative estimate of drug-likeness (QED) is 0.307.